The van der Waals surface area contributed by atoms with E-state index in [0.717, 1.165) is 22.5 Å². The van der Waals surface area contributed by atoms with Crippen molar-refractivity contribution >= 4 is 23.0 Å². The molecular formula is C27H21N3O4. The van der Waals surface area contributed by atoms with Gasteiger partial charge in [0.25, 0.3) is 11.6 Å². The Morgan fingerprint density at radius 2 is 1.53 bits per heavy atom. The number of amides is 1. The summed E-state index contributed by atoms with van der Waals surface area (Å²) in [5.41, 5.74) is 3.77. The summed E-state index contributed by atoms with van der Waals surface area (Å²) in [6, 6.07) is 30.8. The molecule has 1 aliphatic heterocycles. The lowest BCUT2D eigenvalue weighted by Gasteiger charge is -2.38. The Morgan fingerprint density at radius 1 is 0.853 bits per heavy atom. The SMILES string of the molecule is O=C1c2ccccc2NC(c2ccccc2OCc2ccc([N+](=O)[O-])cc2)N1c1ccccc1. The number of non-ortho nitro benzene ring substituents is 1. The van der Waals surface area contributed by atoms with Gasteiger partial charge < -0.3 is 10.1 Å². The van der Waals surface area contributed by atoms with Crippen molar-refractivity contribution in [2.45, 2.75) is 12.8 Å². The highest BCUT2D eigenvalue weighted by Gasteiger charge is 2.35. The van der Waals surface area contributed by atoms with Gasteiger partial charge in [-0.15, -0.1) is 0 Å². The van der Waals surface area contributed by atoms with Crippen LogP contribution in [-0.2, 0) is 6.61 Å². The highest BCUT2D eigenvalue weighted by molar-refractivity contribution is 6.12. The van der Waals surface area contributed by atoms with Gasteiger partial charge in [-0.1, -0.05) is 48.5 Å². The van der Waals surface area contributed by atoms with Gasteiger partial charge >= 0.3 is 0 Å². The first-order chi connectivity index (χ1) is 16.6. The van der Waals surface area contributed by atoms with Crippen molar-refractivity contribution in [1.29, 1.82) is 0 Å². The smallest absolute Gasteiger partial charge is 0.269 e. The molecule has 0 bridgehead atoms. The first kappa shape index (κ1) is 21.2. The van der Waals surface area contributed by atoms with Gasteiger partial charge in [-0.05, 0) is 48.0 Å². The molecule has 0 saturated carbocycles. The summed E-state index contributed by atoms with van der Waals surface area (Å²) in [6.07, 6.45) is -0.488. The molecule has 7 heteroatoms. The number of benzene rings is 4. The Morgan fingerprint density at radius 3 is 2.29 bits per heavy atom. The molecule has 34 heavy (non-hydrogen) atoms. The lowest BCUT2D eigenvalue weighted by atomic mass is 10.0. The molecule has 4 aromatic rings. The Labute approximate surface area is 196 Å². The van der Waals surface area contributed by atoms with Gasteiger partial charge in [0.2, 0.25) is 0 Å². The molecule has 1 unspecified atom stereocenters. The van der Waals surface area contributed by atoms with Crippen molar-refractivity contribution in [3.05, 3.63) is 130 Å². The molecule has 0 fully saturated rings. The van der Waals surface area contributed by atoms with Crippen molar-refractivity contribution in [1.82, 2.24) is 0 Å². The van der Waals surface area contributed by atoms with Gasteiger partial charge in [-0.3, -0.25) is 19.8 Å². The lowest BCUT2D eigenvalue weighted by molar-refractivity contribution is -0.384. The van der Waals surface area contributed by atoms with Gasteiger partial charge in [0, 0.05) is 29.1 Å². The number of ether oxygens (including phenoxy) is 1. The zero-order valence-corrected chi connectivity index (χ0v) is 18.1. The first-order valence-corrected chi connectivity index (χ1v) is 10.8. The average molecular weight is 451 g/mol. The summed E-state index contributed by atoms with van der Waals surface area (Å²) < 4.78 is 6.14. The Bertz CT molecular complexity index is 1340. The summed E-state index contributed by atoms with van der Waals surface area (Å²) >= 11 is 0. The number of nitrogens with one attached hydrogen (secondary N) is 1. The minimum atomic E-state index is -0.488. The van der Waals surface area contributed by atoms with E-state index in [1.807, 2.05) is 78.9 Å². The van der Waals surface area contributed by atoms with Crippen molar-refractivity contribution in [2.24, 2.45) is 0 Å². The molecule has 7 nitrogen and oxygen atoms in total. The number of nitrogens with zero attached hydrogens (tertiary/aromatic N) is 2. The predicted octanol–water partition coefficient (Wildman–Crippen LogP) is 5.94. The minimum Gasteiger partial charge on any atom is -0.488 e. The fraction of sp³-hybridized carbons (Fsp3) is 0.0741. The molecule has 0 aromatic heterocycles. The molecule has 1 N–H and O–H groups in total. The van der Waals surface area contributed by atoms with Crippen LogP contribution in [0, 0.1) is 10.1 Å². The number of nitro benzene ring substituents is 1. The van der Waals surface area contributed by atoms with E-state index in [9.17, 15) is 14.9 Å². The monoisotopic (exact) mass is 451 g/mol. The van der Waals surface area contributed by atoms with Crippen molar-refractivity contribution in [3.63, 3.8) is 0 Å². The van der Waals surface area contributed by atoms with E-state index < -0.39 is 11.1 Å². The maximum atomic E-state index is 13.6. The minimum absolute atomic E-state index is 0.0336. The van der Waals surface area contributed by atoms with Crippen LogP contribution < -0.4 is 15.0 Å². The van der Waals surface area contributed by atoms with Gasteiger partial charge in [-0.25, -0.2) is 0 Å². The second-order valence-corrected chi connectivity index (χ2v) is 7.85. The molecule has 1 amide bonds. The summed E-state index contributed by atoms with van der Waals surface area (Å²) in [4.78, 5) is 25.8. The quantitative estimate of drug-likeness (QED) is 0.289. The largest absolute Gasteiger partial charge is 0.488 e. The third-order valence-corrected chi connectivity index (χ3v) is 5.72. The average Bonchev–Trinajstić information content (AvgIpc) is 2.88. The van der Waals surface area contributed by atoms with Crippen LogP contribution in [0.1, 0.15) is 27.7 Å². The number of fused-ring (bicyclic) bond motifs is 1. The first-order valence-electron chi connectivity index (χ1n) is 10.8. The van der Waals surface area contributed by atoms with E-state index in [-0.39, 0.29) is 18.2 Å². The van der Waals surface area contributed by atoms with Crippen LogP contribution >= 0.6 is 0 Å². The number of hydrogen-bond donors (Lipinski definition) is 1. The number of anilines is 2. The van der Waals surface area contributed by atoms with E-state index in [4.69, 9.17) is 4.74 Å². The standard InChI is InChI=1S/C27H21N3O4/c31-27-22-10-4-6-12-24(22)28-26(29(27)20-8-2-1-3-9-20)23-11-5-7-13-25(23)34-18-19-14-16-21(17-15-19)30(32)33/h1-17,26,28H,18H2. The molecule has 0 radical (unpaired) electrons. The zero-order chi connectivity index (χ0) is 23.5. The van der Waals surface area contributed by atoms with Crippen LogP contribution in [0.15, 0.2) is 103 Å². The Hall–Kier alpha value is -4.65. The van der Waals surface area contributed by atoms with Crippen LogP contribution in [-0.4, -0.2) is 10.8 Å². The van der Waals surface area contributed by atoms with Crippen molar-refractivity contribution in [2.75, 3.05) is 10.2 Å². The maximum absolute atomic E-state index is 13.6. The highest BCUT2D eigenvalue weighted by atomic mass is 16.6. The third kappa shape index (κ3) is 4.06. The van der Waals surface area contributed by atoms with E-state index in [2.05, 4.69) is 5.32 Å². The number of carbonyl (C=O) groups is 1. The van der Waals surface area contributed by atoms with Crippen LogP contribution in [0.4, 0.5) is 17.1 Å². The fourth-order valence-electron chi connectivity index (χ4n) is 4.04. The number of nitro groups is 1. The molecule has 0 spiro atoms. The lowest BCUT2D eigenvalue weighted by Crippen LogP contribution is -2.43. The molecule has 1 aliphatic rings. The third-order valence-electron chi connectivity index (χ3n) is 5.72. The normalized spacial score (nSPS) is 14.8. The number of hydrogen-bond acceptors (Lipinski definition) is 5. The zero-order valence-electron chi connectivity index (χ0n) is 18.1. The Balaban J connectivity index is 1.49. The number of para-hydroxylation sites is 3. The van der Waals surface area contributed by atoms with Crippen molar-refractivity contribution < 1.29 is 14.5 Å². The molecule has 1 heterocycles. The molecule has 168 valence electrons. The maximum Gasteiger partial charge on any atom is 0.269 e. The fourth-order valence-corrected chi connectivity index (χ4v) is 4.04. The van der Waals surface area contributed by atoms with Gasteiger partial charge in [0.05, 0.1) is 10.5 Å². The predicted molar refractivity (Wildman–Crippen MR) is 130 cm³/mol. The molecule has 0 aliphatic carbocycles. The number of rotatable bonds is 6. The summed E-state index contributed by atoms with van der Waals surface area (Å²) in [6.45, 7) is 0.234. The summed E-state index contributed by atoms with van der Waals surface area (Å²) in [7, 11) is 0. The van der Waals surface area contributed by atoms with Gasteiger partial charge in [-0.2, -0.15) is 0 Å². The van der Waals surface area contributed by atoms with E-state index in [0.29, 0.717) is 11.3 Å². The highest BCUT2D eigenvalue weighted by Crippen LogP contribution is 2.39. The second kappa shape index (κ2) is 9.07. The van der Waals surface area contributed by atoms with Crippen LogP contribution in [0.25, 0.3) is 0 Å². The second-order valence-electron chi connectivity index (χ2n) is 7.85. The topological polar surface area (TPSA) is 84.7 Å². The van der Waals surface area contributed by atoms with Crippen LogP contribution in [0.2, 0.25) is 0 Å². The van der Waals surface area contributed by atoms with Crippen LogP contribution in [0.3, 0.4) is 0 Å². The van der Waals surface area contributed by atoms with Crippen molar-refractivity contribution in [3.8, 4) is 5.75 Å². The Kier molecular flexibility index (Phi) is 5.66. The number of carbonyl (C=O) groups excluding carboxylic acids is 1. The summed E-state index contributed by atoms with van der Waals surface area (Å²) in [5.74, 6) is 0.516. The summed E-state index contributed by atoms with van der Waals surface area (Å²) in [5, 5.41) is 14.4. The van der Waals surface area contributed by atoms with E-state index >= 15 is 0 Å². The molecule has 0 saturated heterocycles. The van der Waals surface area contributed by atoms with E-state index in [1.54, 1.807) is 17.0 Å². The molecule has 4 aromatic carbocycles. The molecule has 1 atom stereocenters. The van der Waals surface area contributed by atoms with Gasteiger partial charge in [0.15, 0.2) is 0 Å². The van der Waals surface area contributed by atoms with Crippen LogP contribution in [0.5, 0.6) is 5.75 Å². The van der Waals surface area contributed by atoms with Gasteiger partial charge in [0.1, 0.15) is 18.5 Å². The molecule has 5 rings (SSSR count). The van der Waals surface area contributed by atoms with E-state index in [1.165, 1.54) is 12.1 Å². The molecular weight excluding hydrogens is 430 g/mol.